The number of hydrogen-bond donors (Lipinski definition) is 1. The standard InChI is InChI=1S/C25H30O4/c1-2-3-9-18-12-7-8-13-19(26)21-23(27)22(25(28)29-24(18)21)20(17-14-15-17)16-10-5-4-6-11-16/h4-6,10-11,17-18,20,27H,2-3,7-9,12-15H2,1H3. The first-order valence-corrected chi connectivity index (χ1v) is 11.1. The van der Waals surface area contributed by atoms with Crippen molar-refractivity contribution in [1.29, 1.82) is 0 Å². The molecule has 0 spiro atoms. The minimum Gasteiger partial charge on any atom is -0.506 e. The molecule has 0 amide bonds. The zero-order valence-corrected chi connectivity index (χ0v) is 17.2. The van der Waals surface area contributed by atoms with E-state index in [1.807, 2.05) is 30.3 Å². The number of unbranched alkanes of at least 4 members (excludes halogenated alkanes) is 1. The second-order valence-electron chi connectivity index (χ2n) is 8.62. The van der Waals surface area contributed by atoms with E-state index in [0.29, 0.717) is 18.1 Å². The van der Waals surface area contributed by atoms with Crippen LogP contribution in [0.15, 0.2) is 39.5 Å². The lowest BCUT2D eigenvalue weighted by Gasteiger charge is -2.24. The van der Waals surface area contributed by atoms with Gasteiger partial charge in [-0.15, -0.1) is 0 Å². The van der Waals surface area contributed by atoms with Crippen molar-refractivity contribution < 1.29 is 14.3 Å². The fourth-order valence-electron chi connectivity index (χ4n) is 4.81. The molecule has 2 aliphatic rings. The Morgan fingerprint density at radius 3 is 2.55 bits per heavy atom. The molecule has 1 aromatic heterocycles. The number of ketones is 1. The summed E-state index contributed by atoms with van der Waals surface area (Å²) in [5, 5.41) is 11.3. The van der Waals surface area contributed by atoms with Crippen LogP contribution in [0.5, 0.6) is 5.75 Å². The summed E-state index contributed by atoms with van der Waals surface area (Å²) in [5.74, 6) is 0.334. The number of benzene rings is 1. The molecule has 0 aliphatic heterocycles. The molecule has 2 aromatic rings. The van der Waals surface area contributed by atoms with Gasteiger partial charge in [-0.25, -0.2) is 4.79 Å². The summed E-state index contributed by atoms with van der Waals surface area (Å²) < 4.78 is 5.87. The lowest BCUT2D eigenvalue weighted by atomic mass is 9.82. The first-order chi connectivity index (χ1) is 14.1. The number of fused-ring (bicyclic) bond motifs is 1. The Bertz CT molecular complexity index is 924. The molecule has 2 unspecified atom stereocenters. The number of carbonyl (C=O) groups excluding carboxylic acids is 1. The lowest BCUT2D eigenvalue weighted by Crippen LogP contribution is -2.22. The van der Waals surface area contributed by atoms with Crippen LogP contribution in [-0.2, 0) is 0 Å². The molecule has 29 heavy (non-hydrogen) atoms. The predicted molar refractivity (Wildman–Crippen MR) is 113 cm³/mol. The van der Waals surface area contributed by atoms with Crippen molar-refractivity contribution >= 4 is 5.78 Å². The molecular weight excluding hydrogens is 364 g/mol. The largest absolute Gasteiger partial charge is 0.506 e. The van der Waals surface area contributed by atoms with Crippen LogP contribution in [0.4, 0.5) is 0 Å². The number of carbonyl (C=O) groups is 1. The van der Waals surface area contributed by atoms with Gasteiger partial charge in [0.2, 0.25) is 0 Å². The molecular formula is C25H30O4. The predicted octanol–water partition coefficient (Wildman–Crippen LogP) is 5.92. The van der Waals surface area contributed by atoms with Crippen molar-refractivity contribution in [2.75, 3.05) is 0 Å². The highest BCUT2D eigenvalue weighted by Crippen LogP contribution is 2.49. The number of rotatable bonds is 6. The van der Waals surface area contributed by atoms with Crippen LogP contribution < -0.4 is 5.63 Å². The molecule has 1 heterocycles. The van der Waals surface area contributed by atoms with Gasteiger partial charge < -0.3 is 9.52 Å². The van der Waals surface area contributed by atoms with Crippen LogP contribution >= 0.6 is 0 Å². The quantitative estimate of drug-likeness (QED) is 0.660. The van der Waals surface area contributed by atoms with E-state index in [-0.39, 0.29) is 34.5 Å². The minimum atomic E-state index is -0.475. The third kappa shape index (κ3) is 4.03. The van der Waals surface area contributed by atoms with Gasteiger partial charge in [-0.3, -0.25) is 4.79 Å². The van der Waals surface area contributed by atoms with E-state index in [2.05, 4.69) is 6.92 Å². The van der Waals surface area contributed by atoms with Gasteiger partial charge >= 0.3 is 5.63 Å². The highest BCUT2D eigenvalue weighted by molar-refractivity contribution is 6.00. The van der Waals surface area contributed by atoms with E-state index in [9.17, 15) is 14.7 Å². The van der Waals surface area contributed by atoms with Crippen LogP contribution in [0.25, 0.3) is 0 Å². The van der Waals surface area contributed by atoms with Gasteiger partial charge in [0.1, 0.15) is 11.5 Å². The summed E-state index contributed by atoms with van der Waals surface area (Å²) in [5.41, 5.74) is 1.08. The van der Waals surface area contributed by atoms with Crippen LogP contribution in [0.2, 0.25) is 0 Å². The topological polar surface area (TPSA) is 67.5 Å². The summed E-state index contributed by atoms with van der Waals surface area (Å²) >= 11 is 0. The van der Waals surface area contributed by atoms with Gasteiger partial charge in [0.25, 0.3) is 0 Å². The Morgan fingerprint density at radius 1 is 1.10 bits per heavy atom. The Hall–Kier alpha value is -2.36. The zero-order chi connectivity index (χ0) is 20.4. The van der Waals surface area contributed by atoms with Crippen molar-refractivity contribution in [3.8, 4) is 5.75 Å². The average Bonchev–Trinajstić information content (AvgIpc) is 3.54. The Kier molecular flexibility index (Phi) is 5.89. The zero-order valence-electron chi connectivity index (χ0n) is 17.2. The van der Waals surface area contributed by atoms with Crippen molar-refractivity contribution in [2.24, 2.45) is 5.92 Å². The van der Waals surface area contributed by atoms with Crippen LogP contribution in [0.1, 0.15) is 104 Å². The Morgan fingerprint density at radius 2 is 1.86 bits per heavy atom. The molecule has 4 nitrogen and oxygen atoms in total. The van der Waals surface area contributed by atoms with Gasteiger partial charge in [-0.05, 0) is 43.6 Å². The van der Waals surface area contributed by atoms with Gasteiger partial charge in [0.05, 0.1) is 11.1 Å². The molecule has 4 heteroatoms. The van der Waals surface area contributed by atoms with Gasteiger partial charge in [0, 0.05) is 18.3 Å². The summed E-state index contributed by atoms with van der Waals surface area (Å²) in [6.45, 7) is 2.13. The van der Waals surface area contributed by atoms with E-state index in [1.165, 1.54) is 0 Å². The van der Waals surface area contributed by atoms with Crippen LogP contribution in [0.3, 0.4) is 0 Å². The highest BCUT2D eigenvalue weighted by Gasteiger charge is 2.40. The van der Waals surface area contributed by atoms with Crippen molar-refractivity contribution in [1.82, 2.24) is 0 Å². The molecule has 154 valence electrons. The molecule has 2 aliphatic carbocycles. The first kappa shape index (κ1) is 19.9. The smallest absolute Gasteiger partial charge is 0.343 e. The third-order valence-electron chi connectivity index (χ3n) is 6.49. The highest BCUT2D eigenvalue weighted by atomic mass is 16.4. The van der Waals surface area contributed by atoms with E-state index < -0.39 is 5.63 Å². The molecule has 2 atom stereocenters. The number of aromatic hydroxyl groups is 1. The summed E-state index contributed by atoms with van der Waals surface area (Å²) in [4.78, 5) is 26.1. The maximum atomic E-state index is 13.1. The minimum absolute atomic E-state index is 0.0259. The monoisotopic (exact) mass is 394 g/mol. The van der Waals surface area contributed by atoms with Crippen LogP contribution in [0, 0.1) is 5.92 Å². The Balaban J connectivity index is 1.87. The van der Waals surface area contributed by atoms with E-state index in [4.69, 9.17) is 4.42 Å². The van der Waals surface area contributed by atoms with E-state index in [0.717, 1.165) is 56.9 Å². The normalized spacial score (nSPS) is 20.6. The van der Waals surface area contributed by atoms with Crippen molar-refractivity contribution in [2.45, 2.75) is 76.5 Å². The molecule has 0 bridgehead atoms. The average molecular weight is 395 g/mol. The SMILES string of the molecule is CCCCC1CCCCC(=O)c2c1oc(=O)c(C(c1ccccc1)C1CC1)c2O. The van der Waals surface area contributed by atoms with Gasteiger partial charge in [-0.2, -0.15) is 0 Å². The van der Waals surface area contributed by atoms with Gasteiger partial charge in [-0.1, -0.05) is 56.5 Å². The second-order valence-corrected chi connectivity index (χ2v) is 8.62. The molecule has 4 rings (SSSR count). The fourth-order valence-corrected chi connectivity index (χ4v) is 4.81. The summed E-state index contributed by atoms with van der Waals surface area (Å²) in [6.07, 6.45) is 8.03. The fraction of sp³-hybridized carbons (Fsp3) is 0.520. The number of hydrogen-bond acceptors (Lipinski definition) is 4. The molecule has 0 saturated heterocycles. The summed E-state index contributed by atoms with van der Waals surface area (Å²) in [6, 6.07) is 9.82. The summed E-state index contributed by atoms with van der Waals surface area (Å²) in [7, 11) is 0. The van der Waals surface area contributed by atoms with Crippen molar-refractivity contribution in [3.63, 3.8) is 0 Å². The second kappa shape index (κ2) is 8.56. The molecule has 0 radical (unpaired) electrons. The molecule has 1 N–H and O–H groups in total. The maximum Gasteiger partial charge on any atom is 0.343 e. The van der Waals surface area contributed by atoms with Crippen molar-refractivity contribution in [3.05, 3.63) is 63.2 Å². The first-order valence-electron chi connectivity index (χ1n) is 11.1. The Labute approximate surface area is 172 Å². The third-order valence-corrected chi connectivity index (χ3v) is 6.49. The number of Topliss-reactive ketones (excluding diaryl/α,β-unsaturated/α-hetero) is 1. The molecule has 1 fully saturated rings. The van der Waals surface area contributed by atoms with Gasteiger partial charge in [0.15, 0.2) is 5.78 Å². The lowest BCUT2D eigenvalue weighted by molar-refractivity contribution is 0.0965. The van der Waals surface area contributed by atoms with Crippen LogP contribution in [-0.4, -0.2) is 10.9 Å². The molecule has 1 saturated carbocycles. The molecule has 1 aromatic carbocycles. The maximum absolute atomic E-state index is 13.1. The van der Waals surface area contributed by atoms with E-state index >= 15 is 0 Å². The van der Waals surface area contributed by atoms with E-state index in [1.54, 1.807) is 0 Å².